The molecule has 0 atom stereocenters. The van der Waals surface area contributed by atoms with E-state index in [2.05, 4.69) is 51.0 Å². The molecule has 5 rings (SSSR count). The Kier molecular flexibility index (Phi) is 5.99. The fourth-order valence-corrected chi connectivity index (χ4v) is 4.05. The van der Waals surface area contributed by atoms with E-state index in [1.54, 1.807) is 4.57 Å². The van der Waals surface area contributed by atoms with Crippen LogP contribution >= 0.6 is 0 Å². The molecule has 0 bridgehead atoms. The molecule has 0 unspecified atom stereocenters. The zero-order valence-electron chi connectivity index (χ0n) is 18.8. The average molecular weight is 449 g/mol. The summed E-state index contributed by atoms with van der Waals surface area (Å²) in [5.74, 6) is 0.558. The van der Waals surface area contributed by atoms with Crippen LogP contribution in [0, 0.1) is 0 Å². The summed E-state index contributed by atoms with van der Waals surface area (Å²) < 4.78 is 3.56. The number of aromatic amines is 1. The van der Waals surface area contributed by atoms with Gasteiger partial charge in [-0.05, 0) is 41.0 Å². The number of hydrogen-bond acceptors (Lipinski definition) is 4. The molecule has 2 aromatic heterocycles. The second kappa shape index (κ2) is 9.54. The Morgan fingerprint density at radius 3 is 2.35 bits per heavy atom. The lowest BCUT2D eigenvalue weighted by Gasteiger charge is -2.09. The third-order valence-electron chi connectivity index (χ3n) is 5.78. The Morgan fingerprint density at radius 1 is 0.912 bits per heavy atom. The molecule has 1 N–H and O–H groups in total. The van der Waals surface area contributed by atoms with Crippen LogP contribution in [0.1, 0.15) is 18.2 Å². The fraction of sp³-hybridized carbons (Fsp3) is 0.111. The molecule has 34 heavy (non-hydrogen) atoms. The van der Waals surface area contributed by atoms with Gasteiger partial charge < -0.3 is 0 Å². The number of nitrogens with zero attached hydrogens (tertiary/aromatic N) is 5. The molecular weight excluding hydrogens is 424 g/mol. The summed E-state index contributed by atoms with van der Waals surface area (Å²) in [4.78, 5) is 13.3. The van der Waals surface area contributed by atoms with Crippen molar-refractivity contribution in [2.45, 2.75) is 19.9 Å². The monoisotopic (exact) mass is 448 g/mol. The molecule has 7 nitrogen and oxygen atoms in total. The molecule has 0 aliphatic rings. The largest absolute Gasteiger partial charge is 0.333 e. The van der Waals surface area contributed by atoms with Crippen molar-refractivity contribution < 1.29 is 0 Å². The molecule has 0 fully saturated rings. The first kappa shape index (κ1) is 21.3. The molecule has 5 aromatic rings. The predicted octanol–water partition coefficient (Wildman–Crippen LogP) is 4.65. The highest BCUT2D eigenvalue weighted by Crippen LogP contribution is 2.29. The summed E-state index contributed by atoms with van der Waals surface area (Å²) in [6.07, 6.45) is 6.71. The predicted molar refractivity (Wildman–Crippen MR) is 133 cm³/mol. The molecule has 0 radical (unpaired) electrons. The average Bonchev–Trinajstić information content (AvgIpc) is 3.53. The number of benzene rings is 3. The van der Waals surface area contributed by atoms with Gasteiger partial charge in [-0.3, -0.25) is 9.13 Å². The second-order valence-corrected chi connectivity index (χ2v) is 7.95. The summed E-state index contributed by atoms with van der Waals surface area (Å²) in [5, 5.41) is 14.4. The number of nitrogens with one attached hydrogen (secondary N) is 1. The Bertz CT molecular complexity index is 1460. The Hall–Kier alpha value is -4.52. The van der Waals surface area contributed by atoms with Crippen LogP contribution in [0.25, 0.3) is 28.2 Å². The first-order chi connectivity index (χ1) is 16.7. The number of tetrazole rings is 1. The van der Waals surface area contributed by atoms with Crippen LogP contribution in [0.4, 0.5) is 0 Å². The first-order valence-electron chi connectivity index (χ1n) is 11.1. The third-order valence-corrected chi connectivity index (χ3v) is 5.78. The van der Waals surface area contributed by atoms with Crippen LogP contribution in [-0.2, 0) is 13.0 Å². The van der Waals surface area contributed by atoms with Crippen LogP contribution in [-0.4, -0.2) is 29.8 Å². The molecular formula is C27H24N6O. The summed E-state index contributed by atoms with van der Waals surface area (Å²) >= 11 is 0. The molecule has 0 amide bonds. The van der Waals surface area contributed by atoms with E-state index in [1.165, 1.54) is 0 Å². The number of aromatic nitrogens is 6. The van der Waals surface area contributed by atoms with Crippen LogP contribution < -0.4 is 5.69 Å². The maximum absolute atomic E-state index is 13.3. The van der Waals surface area contributed by atoms with Gasteiger partial charge in [0.15, 0.2) is 0 Å². The quantitative estimate of drug-likeness (QED) is 0.368. The lowest BCUT2D eigenvalue weighted by Crippen LogP contribution is -2.24. The minimum Gasteiger partial charge on any atom is -0.291 e. The molecule has 0 saturated heterocycles. The van der Waals surface area contributed by atoms with Gasteiger partial charge in [-0.25, -0.2) is 4.79 Å². The van der Waals surface area contributed by atoms with Crippen LogP contribution in [0.2, 0.25) is 0 Å². The van der Waals surface area contributed by atoms with Crippen molar-refractivity contribution in [1.29, 1.82) is 0 Å². The van der Waals surface area contributed by atoms with Crippen molar-refractivity contribution in [3.8, 4) is 28.2 Å². The van der Waals surface area contributed by atoms with Crippen LogP contribution in [0.5, 0.6) is 0 Å². The van der Waals surface area contributed by atoms with E-state index in [-0.39, 0.29) is 5.69 Å². The Labute approximate surface area is 197 Å². The number of para-hydroxylation sites is 1. The van der Waals surface area contributed by atoms with Gasteiger partial charge in [-0.2, -0.15) is 5.21 Å². The van der Waals surface area contributed by atoms with Crippen molar-refractivity contribution in [3.63, 3.8) is 0 Å². The van der Waals surface area contributed by atoms with Gasteiger partial charge in [0, 0.05) is 23.9 Å². The van der Waals surface area contributed by atoms with E-state index in [1.807, 2.05) is 78.4 Å². The van der Waals surface area contributed by atoms with E-state index in [0.29, 0.717) is 18.8 Å². The van der Waals surface area contributed by atoms with Gasteiger partial charge in [-0.15, -0.1) is 10.2 Å². The van der Waals surface area contributed by atoms with Gasteiger partial charge in [0.2, 0.25) is 5.82 Å². The van der Waals surface area contributed by atoms with E-state index in [0.717, 1.165) is 33.6 Å². The normalized spacial score (nSPS) is 11.3. The smallest absolute Gasteiger partial charge is 0.291 e. The molecule has 168 valence electrons. The van der Waals surface area contributed by atoms with Gasteiger partial charge in [0.1, 0.15) is 0 Å². The Balaban J connectivity index is 1.47. The van der Waals surface area contributed by atoms with Gasteiger partial charge in [-0.1, -0.05) is 78.9 Å². The molecule has 3 aromatic carbocycles. The van der Waals surface area contributed by atoms with E-state index < -0.39 is 0 Å². The van der Waals surface area contributed by atoms with Crippen molar-refractivity contribution in [1.82, 2.24) is 29.8 Å². The standard InChI is InChI=1S/C27H24N6O/c1-2-3-9-23-19-33(22-10-5-4-6-11-22)27(34)32(23)18-20-14-16-21(17-15-20)24-12-7-8-13-25(24)26-28-30-31-29-26/h2-8,10-17,19H,9,18H2,1H3,(H,28,29,30,31)/b3-2+. The van der Waals surface area contributed by atoms with E-state index in [9.17, 15) is 4.79 Å². The number of hydrogen-bond donors (Lipinski definition) is 1. The summed E-state index contributed by atoms with van der Waals surface area (Å²) in [7, 11) is 0. The molecule has 0 spiro atoms. The SMILES string of the molecule is C/C=C/Cc1cn(-c2ccccc2)c(=O)n1Cc1ccc(-c2ccccc2-c2nn[nH]n2)cc1. The highest BCUT2D eigenvalue weighted by Gasteiger charge is 2.14. The molecule has 0 saturated carbocycles. The minimum atomic E-state index is -0.0442. The van der Waals surface area contributed by atoms with E-state index in [4.69, 9.17) is 0 Å². The number of H-pyrrole nitrogens is 1. The highest BCUT2D eigenvalue weighted by atomic mass is 16.1. The summed E-state index contributed by atoms with van der Waals surface area (Å²) in [6, 6.07) is 26.0. The van der Waals surface area contributed by atoms with Crippen LogP contribution in [0.3, 0.4) is 0 Å². The molecule has 2 heterocycles. The van der Waals surface area contributed by atoms with Crippen molar-refractivity contribution >= 4 is 0 Å². The van der Waals surface area contributed by atoms with Crippen molar-refractivity contribution in [2.75, 3.05) is 0 Å². The molecule has 0 aliphatic carbocycles. The lowest BCUT2D eigenvalue weighted by atomic mass is 9.98. The highest BCUT2D eigenvalue weighted by molar-refractivity contribution is 5.80. The van der Waals surface area contributed by atoms with Crippen molar-refractivity contribution in [3.05, 3.63) is 119 Å². The molecule has 7 heteroatoms. The van der Waals surface area contributed by atoms with Gasteiger partial charge >= 0.3 is 5.69 Å². The summed E-state index contributed by atoms with van der Waals surface area (Å²) in [6.45, 7) is 2.49. The number of rotatable bonds is 7. The summed E-state index contributed by atoms with van der Waals surface area (Å²) in [5.41, 5.74) is 5.82. The zero-order valence-corrected chi connectivity index (χ0v) is 18.8. The van der Waals surface area contributed by atoms with Gasteiger partial charge in [0.05, 0.1) is 12.2 Å². The zero-order chi connectivity index (χ0) is 23.3. The lowest BCUT2D eigenvalue weighted by molar-refractivity contribution is 0.714. The van der Waals surface area contributed by atoms with Gasteiger partial charge in [0.25, 0.3) is 0 Å². The van der Waals surface area contributed by atoms with E-state index >= 15 is 0 Å². The third kappa shape index (κ3) is 4.23. The second-order valence-electron chi connectivity index (χ2n) is 7.95. The maximum Gasteiger partial charge on any atom is 0.333 e. The number of imidazole rings is 1. The fourth-order valence-electron chi connectivity index (χ4n) is 4.05. The molecule has 0 aliphatic heterocycles. The Morgan fingerprint density at radius 2 is 1.65 bits per heavy atom. The van der Waals surface area contributed by atoms with Crippen molar-refractivity contribution in [2.24, 2.45) is 0 Å². The maximum atomic E-state index is 13.3. The minimum absolute atomic E-state index is 0.0442. The number of allylic oxidation sites excluding steroid dienone is 2. The van der Waals surface area contributed by atoms with Crippen LogP contribution in [0.15, 0.2) is 102 Å². The topological polar surface area (TPSA) is 81.4 Å². The first-order valence-corrected chi connectivity index (χ1v) is 11.1.